The predicted molar refractivity (Wildman–Crippen MR) is 87.2 cm³/mol. The van der Waals surface area contributed by atoms with Gasteiger partial charge in [-0.2, -0.15) is 0 Å². The van der Waals surface area contributed by atoms with Gasteiger partial charge >= 0.3 is 12.3 Å². The lowest BCUT2D eigenvalue weighted by Crippen LogP contribution is -2.17. The van der Waals surface area contributed by atoms with Crippen molar-refractivity contribution in [3.8, 4) is 5.75 Å². The van der Waals surface area contributed by atoms with Crippen molar-refractivity contribution in [3.05, 3.63) is 48.2 Å². The number of carbonyl (C=O) groups is 3. The number of carbonyl (C=O) groups excluding carboxylic acids is 3. The predicted octanol–water partition coefficient (Wildman–Crippen LogP) is 3.41. The van der Waals surface area contributed by atoms with Crippen molar-refractivity contribution in [2.45, 2.75) is 6.36 Å². The molecule has 0 unspecified atom stereocenters. The molecule has 0 aliphatic rings. The quantitative estimate of drug-likeness (QED) is 0.647. The summed E-state index contributed by atoms with van der Waals surface area (Å²) in [5.41, 5.74) is 1.28. The molecule has 6 nitrogen and oxygen atoms in total. The number of methoxy groups -OCH3 is 1. The zero-order valence-corrected chi connectivity index (χ0v) is 13.6. The molecule has 0 spiro atoms. The highest BCUT2D eigenvalue weighted by atomic mass is 19.4. The molecule has 9 heteroatoms. The van der Waals surface area contributed by atoms with Gasteiger partial charge in [0.15, 0.2) is 0 Å². The topological polar surface area (TPSA) is 74.1 Å². The number of nitrogens with zero attached hydrogens (tertiary/aromatic N) is 1. The van der Waals surface area contributed by atoms with Crippen LogP contribution < -0.4 is 4.74 Å². The van der Waals surface area contributed by atoms with Crippen LogP contribution in [0.3, 0.4) is 0 Å². The van der Waals surface area contributed by atoms with E-state index in [-0.39, 0.29) is 5.75 Å². The van der Waals surface area contributed by atoms with E-state index in [1.165, 1.54) is 25.3 Å². The van der Waals surface area contributed by atoms with E-state index in [4.69, 9.17) is 14.3 Å². The van der Waals surface area contributed by atoms with Gasteiger partial charge in [0.1, 0.15) is 19.3 Å². The molecular weight excluding hydrogens is 355 g/mol. The number of aromatic nitrogens is 1. The maximum absolute atomic E-state index is 12.3. The van der Waals surface area contributed by atoms with Crippen LogP contribution >= 0.6 is 0 Å². The highest BCUT2D eigenvalue weighted by molar-refractivity contribution is 6.11. The summed E-state index contributed by atoms with van der Waals surface area (Å²) in [7, 11) is 1.25. The van der Waals surface area contributed by atoms with E-state index in [1.807, 2.05) is 13.6 Å². The van der Waals surface area contributed by atoms with Crippen molar-refractivity contribution in [3.63, 3.8) is 0 Å². The molecule has 0 amide bonds. The number of fused-ring (bicyclic) bond motifs is 3. The maximum Gasteiger partial charge on any atom is 0.573 e. The van der Waals surface area contributed by atoms with Crippen LogP contribution in [0.25, 0.3) is 16.4 Å². The first kappa shape index (κ1) is 20.7. The lowest BCUT2D eigenvalue weighted by molar-refractivity contribution is -0.274. The first-order chi connectivity index (χ1) is 12.4. The molecule has 3 aromatic rings. The Labute approximate surface area is 145 Å². The SMILES string of the molecule is C=O.C=O.COC(=O)c1c2ccc(OC(F)(F)F)cc2n2ccccc12. The van der Waals surface area contributed by atoms with Gasteiger partial charge in [0.05, 0.1) is 23.7 Å². The van der Waals surface area contributed by atoms with E-state index in [0.29, 0.717) is 22.0 Å². The minimum atomic E-state index is -4.77. The van der Waals surface area contributed by atoms with Crippen molar-refractivity contribution in [2.75, 3.05) is 7.11 Å². The van der Waals surface area contributed by atoms with Crippen molar-refractivity contribution in [1.29, 1.82) is 0 Å². The molecule has 0 bridgehead atoms. The second kappa shape index (κ2) is 8.65. The molecule has 26 heavy (non-hydrogen) atoms. The lowest BCUT2D eigenvalue weighted by Gasteiger charge is -2.08. The number of alkyl halides is 3. The van der Waals surface area contributed by atoms with Crippen LogP contribution in [-0.4, -0.2) is 37.4 Å². The van der Waals surface area contributed by atoms with Crippen molar-refractivity contribution in [1.82, 2.24) is 4.40 Å². The maximum atomic E-state index is 12.3. The number of rotatable bonds is 2. The third-order valence-electron chi connectivity index (χ3n) is 3.24. The van der Waals surface area contributed by atoms with Gasteiger partial charge in [-0.15, -0.1) is 13.2 Å². The first-order valence-corrected chi connectivity index (χ1v) is 6.85. The summed E-state index contributed by atoms with van der Waals surface area (Å²) in [6, 6.07) is 8.95. The highest BCUT2D eigenvalue weighted by Gasteiger charge is 2.31. The van der Waals surface area contributed by atoms with Crippen LogP contribution in [0.15, 0.2) is 42.6 Å². The summed E-state index contributed by atoms with van der Waals surface area (Å²) in [5.74, 6) is -0.900. The number of benzene rings is 1. The second-order valence-corrected chi connectivity index (χ2v) is 4.55. The van der Waals surface area contributed by atoms with Crippen LogP contribution in [-0.2, 0) is 14.3 Å². The Bertz CT molecular complexity index is 902. The Kier molecular flexibility index (Phi) is 6.88. The molecule has 0 N–H and O–H groups in total. The lowest BCUT2D eigenvalue weighted by atomic mass is 10.1. The smallest absolute Gasteiger partial charge is 0.465 e. The van der Waals surface area contributed by atoms with Gasteiger partial charge < -0.3 is 23.5 Å². The van der Waals surface area contributed by atoms with E-state index < -0.39 is 12.3 Å². The zero-order valence-electron chi connectivity index (χ0n) is 13.6. The second-order valence-electron chi connectivity index (χ2n) is 4.55. The number of hydrogen-bond acceptors (Lipinski definition) is 5. The zero-order chi connectivity index (χ0) is 19.9. The number of hydrogen-bond donors (Lipinski definition) is 0. The number of pyridine rings is 1. The summed E-state index contributed by atoms with van der Waals surface area (Å²) in [5, 5.41) is 0.493. The normalized spacial score (nSPS) is 10.3. The molecule has 0 radical (unpaired) electrons. The van der Waals surface area contributed by atoms with E-state index in [9.17, 15) is 18.0 Å². The van der Waals surface area contributed by atoms with E-state index in [2.05, 4.69) is 4.74 Å². The van der Waals surface area contributed by atoms with Gasteiger partial charge in [-0.05, 0) is 24.3 Å². The summed E-state index contributed by atoms with van der Waals surface area (Å²) in [6.45, 7) is 4.00. The standard InChI is InChI=1S/C15H10F3NO3.2CH2O/c1-21-14(20)13-10-6-5-9(22-15(16,17)18)8-12(10)19-7-3-2-4-11(13)19;2*1-2/h2-8H,1H3;2*1H2. The average Bonchev–Trinajstić information content (AvgIpc) is 2.97. The minimum Gasteiger partial charge on any atom is -0.465 e. The Morgan fingerprint density at radius 1 is 1.04 bits per heavy atom. The molecule has 0 fully saturated rings. The molecular formula is C17H14F3NO5. The van der Waals surface area contributed by atoms with Crippen molar-refractivity contribution in [2.24, 2.45) is 0 Å². The fraction of sp³-hybridized carbons (Fsp3) is 0.118. The number of ether oxygens (including phenoxy) is 2. The molecule has 0 atom stereocenters. The Morgan fingerprint density at radius 2 is 1.69 bits per heavy atom. The first-order valence-electron chi connectivity index (χ1n) is 6.85. The minimum absolute atomic E-state index is 0.302. The van der Waals surface area contributed by atoms with Crippen LogP contribution in [0.2, 0.25) is 0 Å². The molecule has 0 saturated carbocycles. The highest BCUT2D eigenvalue weighted by Crippen LogP contribution is 2.32. The third kappa shape index (κ3) is 4.18. The third-order valence-corrected chi connectivity index (χ3v) is 3.24. The van der Waals surface area contributed by atoms with E-state index in [1.54, 1.807) is 28.8 Å². The van der Waals surface area contributed by atoms with Crippen LogP contribution in [0.4, 0.5) is 13.2 Å². The Morgan fingerprint density at radius 3 is 2.27 bits per heavy atom. The molecule has 2 aromatic heterocycles. The van der Waals surface area contributed by atoms with Crippen molar-refractivity contribution < 1.29 is 37.0 Å². The van der Waals surface area contributed by atoms with Crippen molar-refractivity contribution >= 4 is 36.0 Å². The summed E-state index contributed by atoms with van der Waals surface area (Å²) in [6.07, 6.45) is -3.12. The van der Waals surface area contributed by atoms with E-state index >= 15 is 0 Å². The number of esters is 1. The molecule has 1 aromatic carbocycles. The summed E-state index contributed by atoms with van der Waals surface area (Å²) in [4.78, 5) is 28.0. The molecule has 3 rings (SSSR count). The van der Waals surface area contributed by atoms with Gasteiger partial charge in [-0.1, -0.05) is 6.07 Å². The van der Waals surface area contributed by atoms with Gasteiger partial charge in [-0.25, -0.2) is 4.79 Å². The summed E-state index contributed by atoms with van der Waals surface area (Å²) >= 11 is 0. The summed E-state index contributed by atoms with van der Waals surface area (Å²) < 4.78 is 47.3. The Hall–Kier alpha value is -3.36. The molecule has 0 aliphatic carbocycles. The van der Waals surface area contributed by atoms with Gasteiger partial charge in [0.2, 0.25) is 0 Å². The average molecular weight is 369 g/mol. The van der Waals surface area contributed by atoms with Gasteiger partial charge in [-0.3, -0.25) is 0 Å². The number of halogens is 3. The largest absolute Gasteiger partial charge is 0.573 e. The molecule has 2 heterocycles. The fourth-order valence-electron chi connectivity index (χ4n) is 2.43. The monoisotopic (exact) mass is 369 g/mol. The van der Waals surface area contributed by atoms with Crippen LogP contribution in [0, 0.1) is 0 Å². The molecule has 0 aliphatic heterocycles. The van der Waals surface area contributed by atoms with E-state index in [0.717, 1.165) is 0 Å². The Balaban J connectivity index is 0.000000791. The van der Waals surface area contributed by atoms with Gasteiger partial charge in [0.25, 0.3) is 0 Å². The molecule has 138 valence electrons. The fourth-order valence-corrected chi connectivity index (χ4v) is 2.43. The molecule has 0 saturated heterocycles. The van der Waals surface area contributed by atoms with Crippen LogP contribution in [0.1, 0.15) is 10.4 Å². The van der Waals surface area contributed by atoms with Gasteiger partial charge in [0, 0.05) is 17.6 Å². The van der Waals surface area contributed by atoms with Crippen LogP contribution in [0.5, 0.6) is 5.75 Å².